The number of morpholine rings is 1. The van der Waals surface area contributed by atoms with Crippen LogP contribution in [-0.2, 0) is 4.74 Å². The third-order valence-electron chi connectivity index (χ3n) is 3.99. The van der Waals surface area contributed by atoms with Gasteiger partial charge in [-0.25, -0.2) is 0 Å². The maximum atomic E-state index is 5.39. The van der Waals surface area contributed by atoms with Gasteiger partial charge in [-0.15, -0.1) is 0 Å². The summed E-state index contributed by atoms with van der Waals surface area (Å²) >= 11 is 0. The van der Waals surface area contributed by atoms with Crippen molar-refractivity contribution >= 4 is 11.3 Å². The van der Waals surface area contributed by atoms with Gasteiger partial charge in [0, 0.05) is 18.8 Å². The second kappa shape index (κ2) is 6.15. The highest BCUT2D eigenvalue weighted by Crippen LogP contribution is 2.24. The number of nitrogens with zero attached hydrogens (tertiary/aromatic N) is 1. The summed E-state index contributed by atoms with van der Waals surface area (Å²) in [5.41, 5.74) is 5.96. The fourth-order valence-corrected chi connectivity index (χ4v) is 2.62. The van der Waals surface area contributed by atoms with E-state index in [1.165, 1.54) is 22.4 Å². The van der Waals surface area contributed by atoms with Crippen LogP contribution in [-0.4, -0.2) is 26.3 Å². The second-order valence-electron chi connectivity index (χ2n) is 5.49. The predicted molar refractivity (Wildman–Crippen MR) is 88.8 cm³/mol. The molecule has 0 spiro atoms. The minimum atomic E-state index is 0.817. The van der Waals surface area contributed by atoms with Gasteiger partial charge >= 0.3 is 0 Å². The van der Waals surface area contributed by atoms with Gasteiger partial charge in [0.05, 0.1) is 13.2 Å². The molecule has 21 heavy (non-hydrogen) atoms. The Labute approximate surface area is 126 Å². The van der Waals surface area contributed by atoms with Crippen LogP contribution in [0.1, 0.15) is 16.7 Å². The number of anilines is 1. The standard InChI is InChI=1S/C19H21NO/c1-15-3-5-17(6-4-15)16(2)18-7-9-19(10-8-18)20-11-13-21-14-12-20/h3-10H,2,11-14H2,1H3. The Kier molecular flexibility index (Phi) is 4.07. The van der Waals surface area contributed by atoms with Gasteiger partial charge in [-0.2, -0.15) is 0 Å². The third-order valence-corrected chi connectivity index (χ3v) is 3.99. The predicted octanol–water partition coefficient (Wildman–Crippen LogP) is 3.89. The van der Waals surface area contributed by atoms with Gasteiger partial charge in [0.1, 0.15) is 0 Å². The fourth-order valence-electron chi connectivity index (χ4n) is 2.62. The van der Waals surface area contributed by atoms with E-state index >= 15 is 0 Å². The van der Waals surface area contributed by atoms with Gasteiger partial charge in [-0.05, 0) is 35.8 Å². The molecule has 0 N–H and O–H groups in total. The van der Waals surface area contributed by atoms with Crippen LogP contribution in [0.4, 0.5) is 5.69 Å². The molecule has 2 nitrogen and oxygen atoms in total. The number of ether oxygens (including phenoxy) is 1. The molecule has 2 aromatic carbocycles. The lowest BCUT2D eigenvalue weighted by atomic mass is 9.98. The molecule has 2 aromatic rings. The van der Waals surface area contributed by atoms with Gasteiger partial charge in [-0.3, -0.25) is 0 Å². The van der Waals surface area contributed by atoms with Crippen molar-refractivity contribution in [2.45, 2.75) is 6.92 Å². The van der Waals surface area contributed by atoms with Crippen LogP contribution >= 0.6 is 0 Å². The van der Waals surface area contributed by atoms with E-state index in [0.29, 0.717) is 0 Å². The van der Waals surface area contributed by atoms with E-state index < -0.39 is 0 Å². The van der Waals surface area contributed by atoms with Gasteiger partial charge in [0.25, 0.3) is 0 Å². The Morgan fingerprint density at radius 2 is 1.43 bits per heavy atom. The lowest BCUT2D eigenvalue weighted by Crippen LogP contribution is -2.36. The Morgan fingerprint density at radius 1 is 0.905 bits per heavy atom. The zero-order chi connectivity index (χ0) is 14.7. The van der Waals surface area contributed by atoms with Crippen molar-refractivity contribution in [3.8, 4) is 0 Å². The SMILES string of the molecule is C=C(c1ccc(C)cc1)c1ccc(N2CCOCC2)cc1. The van der Waals surface area contributed by atoms with E-state index in [-0.39, 0.29) is 0 Å². The molecule has 108 valence electrons. The second-order valence-corrected chi connectivity index (χ2v) is 5.49. The van der Waals surface area contributed by atoms with E-state index in [4.69, 9.17) is 4.74 Å². The topological polar surface area (TPSA) is 12.5 Å². The summed E-state index contributed by atoms with van der Waals surface area (Å²) in [6.45, 7) is 9.91. The summed E-state index contributed by atoms with van der Waals surface area (Å²) in [5, 5.41) is 0. The maximum absolute atomic E-state index is 5.39. The van der Waals surface area contributed by atoms with Crippen molar-refractivity contribution in [3.63, 3.8) is 0 Å². The van der Waals surface area contributed by atoms with Crippen LogP contribution in [0.25, 0.3) is 5.57 Å². The van der Waals surface area contributed by atoms with Crippen LogP contribution in [0.15, 0.2) is 55.1 Å². The molecule has 0 saturated carbocycles. The van der Waals surface area contributed by atoms with Crippen molar-refractivity contribution in [1.82, 2.24) is 0 Å². The molecule has 1 aliphatic heterocycles. The number of benzene rings is 2. The van der Waals surface area contributed by atoms with E-state index in [9.17, 15) is 0 Å². The molecule has 0 radical (unpaired) electrons. The highest BCUT2D eigenvalue weighted by Gasteiger charge is 2.11. The smallest absolute Gasteiger partial charge is 0.0642 e. The van der Waals surface area contributed by atoms with E-state index in [1.807, 2.05) is 0 Å². The van der Waals surface area contributed by atoms with Gasteiger partial charge in [-0.1, -0.05) is 48.5 Å². The molecule has 0 aliphatic carbocycles. The summed E-state index contributed by atoms with van der Waals surface area (Å²) in [7, 11) is 0. The molecular weight excluding hydrogens is 258 g/mol. The number of rotatable bonds is 3. The lowest BCUT2D eigenvalue weighted by Gasteiger charge is -2.29. The normalized spacial score (nSPS) is 15.0. The highest BCUT2D eigenvalue weighted by molar-refractivity contribution is 5.78. The zero-order valence-electron chi connectivity index (χ0n) is 12.5. The van der Waals surface area contributed by atoms with Crippen molar-refractivity contribution in [2.24, 2.45) is 0 Å². The Bertz CT molecular complexity index is 607. The van der Waals surface area contributed by atoms with Crippen LogP contribution < -0.4 is 4.90 Å². The molecule has 2 heteroatoms. The van der Waals surface area contributed by atoms with Crippen LogP contribution in [0.2, 0.25) is 0 Å². The van der Waals surface area contributed by atoms with Crippen molar-refractivity contribution in [2.75, 3.05) is 31.2 Å². The summed E-state index contributed by atoms with van der Waals surface area (Å²) < 4.78 is 5.39. The zero-order valence-corrected chi connectivity index (χ0v) is 12.5. The van der Waals surface area contributed by atoms with Gasteiger partial charge < -0.3 is 9.64 Å². The molecule has 1 heterocycles. The first kappa shape index (κ1) is 13.9. The van der Waals surface area contributed by atoms with Crippen molar-refractivity contribution in [3.05, 3.63) is 71.8 Å². The molecule has 1 aliphatic rings. The first-order valence-corrected chi connectivity index (χ1v) is 7.43. The number of aryl methyl sites for hydroxylation is 1. The van der Waals surface area contributed by atoms with Gasteiger partial charge in [0.15, 0.2) is 0 Å². The summed E-state index contributed by atoms with van der Waals surface area (Å²) in [5.74, 6) is 0. The third kappa shape index (κ3) is 3.17. The molecule has 0 bridgehead atoms. The Hall–Kier alpha value is -2.06. The molecule has 0 atom stereocenters. The quantitative estimate of drug-likeness (QED) is 0.845. The van der Waals surface area contributed by atoms with Crippen LogP contribution in [0.5, 0.6) is 0 Å². The molecule has 0 amide bonds. The summed E-state index contributed by atoms with van der Waals surface area (Å²) in [6.07, 6.45) is 0. The molecule has 0 aromatic heterocycles. The average molecular weight is 279 g/mol. The van der Waals surface area contributed by atoms with E-state index in [0.717, 1.165) is 31.9 Å². The Morgan fingerprint density at radius 3 is 2.00 bits per heavy atom. The largest absolute Gasteiger partial charge is 0.378 e. The minimum absolute atomic E-state index is 0.817. The summed E-state index contributed by atoms with van der Waals surface area (Å²) in [6, 6.07) is 17.2. The van der Waals surface area contributed by atoms with Crippen LogP contribution in [0, 0.1) is 6.92 Å². The highest BCUT2D eigenvalue weighted by atomic mass is 16.5. The maximum Gasteiger partial charge on any atom is 0.0642 e. The van der Waals surface area contributed by atoms with Gasteiger partial charge in [0.2, 0.25) is 0 Å². The molecule has 1 saturated heterocycles. The minimum Gasteiger partial charge on any atom is -0.378 e. The number of hydrogen-bond donors (Lipinski definition) is 0. The first-order chi connectivity index (χ1) is 10.2. The van der Waals surface area contributed by atoms with Crippen molar-refractivity contribution < 1.29 is 4.74 Å². The average Bonchev–Trinajstić information content (AvgIpc) is 2.56. The molecule has 0 unspecified atom stereocenters. The molecular formula is C19H21NO. The summed E-state index contributed by atoms with van der Waals surface area (Å²) in [4.78, 5) is 2.36. The fraction of sp³-hybridized carbons (Fsp3) is 0.263. The molecule has 1 fully saturated rings. The lowest BCUT2D eigenvalue weighted by molar-refractivity contribution is 0.122. The molecule has 3 rings (SSSR count). The van der Waals surface area contributed by atoms with Crippen LogP contribution in [0.3, 0.4) is 0 Å². The van der Waals surface area contributed by atoms with E-state index in [1.54, 1.807) is 0 Å². The Balaban J connectivity index is 1.77. The number of hydrogen-bond acceptors (Lipinski definition) is 2. The van der Waals surface area contributed by atoms with E-state index in [2.05, 4.69) is 66.9 Å². The van der Waals surface area contributed by atoms with Crippen molar-refractivity contribution in [1.29, 1.82) is 0 Å². The first-order valence-electron chi connectivity index (χ1n) is 7.43. The monoisotopic (exact) mass is 279 g/mol.